The molecule has 1 N–H and O–H groups in total. The van der Waals surface area contributed by atoms with Crippen molar-refractivity contribution in [2.75, 3.05) is 0 Å². The fourth-order valence-corrected chi connectivity index (χ4v) is 2.78. The number of rotatable bonds is 5. The molecule has 0 aliphatic heterocycles. The molecule has 0 saturated heterocycles. The second-order valence-corrected chi connectivity index (χ2v) is 6.49. The lowest BCUT2D eigenvalue weighted by Gasteiger charge is -2.05. The topological polar surface area (TPSA) is 72.7 Å². The lowest BCUT2D eigenvalue weighted by atomic mass is 10.2. The van der Waals surface area contributed by atoms with Gasteiger partial charge in [-0.25, -0.2) is 4.68 Å². The van der Waals surface area contributed by atoms with Crippen LogP contribution in [0.4, 0.5) is 0 Å². The Morgan fingerprint density at radius 1 is 1.04 bits per heavy atom. The second kappa shape index (κ2) is 7.84. The van der Waals surface area contributed by atoms with E-state index >= 15 is 0 Å². The summed E-state index contributed by atoms with van der Waals surface area (Å²) in [5.41, 5.74) is 5.31. The van der Waals surface area contributed by atoms with Gasteiger partial charge in [-0.2, -0.15) is 5.10 Å². The van der Waals surface area contributed by atoms with Crippen LogP contribution < -0.4 is 5.32 Å². The molecule has 1 amide bonds. The molecule has 0 radical (unpaired) electrons. The molecule has 138 valence electrons. The van der Waals surface area contributed by atoms with Gasteiger partial charge in [0, 0.05) is 36.9 Å². The molecule has 0 bridgehead atoms. The van der Waals surface area contributed by atoms with Gasteiger partial charge < -0.3 is 5.32 Å². The molecule has 0 saturated carbocycles. The first-order valence-electron chi connectivity index (χ1n) is 8.94. The van der Waals surface area contributed by atoms with E-state index in [-0.39, 0.29) is 5.91 Å². The van der Waals surface area contributed by atoms with Crippen LogP contribution in [-0.4, -0.2) is 25.7 Å². The summed E-state index contributed by atoms with van der Waals surface area (Å²) >= 11 is 0. The Balaban J connectivity index is 1.44. The smallest absolute Gasteiger partial charge is 0.253 e. The zero-order chi connectivity index (χ0) is 19.3. The number of amides is 1. The Morgan fingerprint density at radius 2 is 1.89 bits per heavy atom. The summed E-state index contributed by atoms with van der Waals surface area (Å²) in [4.78, 5) is 20.8. The molecule has 0 aliphatic carbocycles. The molecular weight excluding hydrogens is 350 g/mol. The van der Waals surface area contributed by atoms with Crippen LogP contribution in [0.15, 0.2) is 79.5 Å². The molecule has 4 aromatic rings. The van der Waals surface area contributed by atoms with E-state index in [1.54, 1.807) is 30.9 Å². The van der Waals surface area contributed by atoms with Crippen molar-refractivity contribution in [2.24, 2.45) is 0 Å². The fourth-order valence-electron chi connectivity index (χ4n) is 2.78. The summed E-state index contributed by atoms with van der Waals surface area (Å²) in [6.45, 7) is 2.48. The van der Waals surface area contributed by atoms with Crippen molar-refractivity contribution >= 4 is 5.91 Å². The fraction of sp³-hybridized carbons (Fsp3) is 0.0909. The van der Waals surface area contributed by atoms with E-state index in [0.29, 0.717) is 12.1 Å². The highest BCUT2D eigenvalue weighted by Gasteiger charge is 2.09. The molecule has 0 atom stereocenters. The highest BCUT2D eigenvalue weighted by Crippen LogP contribution is 2.18. The van der Waals surface area contributed by atoms with Crippen LogP contribution in [0.25, 0.3) is 16.9 Å². The summed E-state index contributed by atoms with van der Waals surface area (Å²) in [5.74, 6) is -0.168. The SMILES string of the molecule is Cc1ccc(-n2cc(-c3ccc(C(=O)NCc4cccnc4)cn3)cn2)cc1. The number of aromatic nitrogens is 4. The number of carbonyl (C=O) groups excluding carboxylic acids is 1. The van der Waals surface area contributed by atoms with Crippen LogP contribution in [0, 0.1) is 6.92 Å². The molecule has 0 fully saturated rings. The summed E-state index contributed by atoms with van der Waals surface area (Å²) in [6, 6.07) is 15.5. The van der Waals surface area contributed by atoms with Crippen molar-refractivity contribution in [3.05, 3.63) is 96.2 Å². The van der Waals surface area contributed by atoms with Gasteiger partial charge in [0.2, 0.25) is 0 Å². The number of nitrogens with one attached hydrogen (secondary N) is 1. The average molecular weight is 369 g/mol. The molecule has 6 heteroatoms. The van der Waals surface area contributed by atoms with Gasteiger partial charge in [-0.05, 0) is 42.8 Å². The van der Waals surface area contributed by atoms with E-state index in [4.69, 9.17) is 0 Å². The van der Waals surface area contributed by atoms with Gasteiger partial charge in [-0.3, -0.25) is 14.8 Å². The summed E-state index contributed by atoms with van der Waals surface area (Å²) < 4.78 is 1.81. The maximum Gasteiger partial charge on any atom is 0.253 e. The highest BCUT2D eigenvalue weighted by molar-refractivity contribution is 5.94. The number of hydrogen-bond acceptors (Lipinski definition) is 4. The molecule has 3 heterocycles. The third-order valence-electron chi connectivity index (χ3n) is 4.38. The van der Waals surface area contributed by atoms with Gasteiger partial charge in [0.1, 0.15) is 0 Å². The van der Waals surface area contributed by atoms with E-state index in [1.807, 2.05) is 53.3 Å². The third kappa shape index (κ3) is 3.96. The number of nitrogens with zero attached hydrogens (tertiary/aromatic N) is 4. The number of hydrogen-bond donors (Lipinski definition) is 1. The number of carbonyl (C=O) groups is 1. The monoisotopic (exact) mass is 369 g/mol. The second-order valence-electron chi connectivity index (χ2n) is 6.49. The minimum atomic E-state index is -0.168. The first-order valence-corrected chi connectivity index (χ1v) is 8.94. The van der Waals surface area contributed by atoms with Crippen molar-refractivity contribution in [2.45, 2.75) is 13.5 Å². The van der Waals surface area contributed by atoms with E-state index in [0.717, 1.165) is 22.5 Å². The minimum Gasteiger partial charge on any atom is -0.348 e. The van der Waals surface area contributed by atoms with Crippen molar-refractivity contribution in [3.8, 4) is 16.9 Å². The quantitative estimate of drug-likeness (QED) is 0.584. The average Bonchev–Trinajstić information content (AvgIpc) is 3.24. The van der Waals surface area contributed by atoms with Crippen molar-refractivity contribution in [3.63, 3.8) is 0 Å². The number of pyridine rings is 2. The van der Waals surface area contributed by atoms with E-state index in [2.05, 4.69) is 27.3 Å². The van der Waals surface area contributed by atoms with Gasteiger partial charge in [-0.1, -0.05) is 23.8 Å². The Hall–Kier alpha value is -3.80. The first kappa shape index (κ1) is 17.6. The van der Waals surface area contributed by atoms with Gasteiger partial charge in [0.25, 0.3) is 5.91 Å². The highest BCUT2D eigenvalue weighted by atomic mass is 16.1. The van der Waals surface area contributed by atoms with Crippen molar-refractivity contribution in [1.82, 2.24) is 25.1 Å². The van der Waals surface area contributed by atoms with Crippen LogP contribution in [-0.2, 0) is 6.54 Å². The molecular formula is C22H19N5O. The molecule has 0 unspecified atom stereocenters. The molecule has 28 heavy (non-hydrogen) atoms. The number of benzene rings is 1. The van der Waals surface area contributed by atoms with Crippen LogP contribution in [0.3, 0.4) is 0 Å². The van der Waals surface area contributed by atoms with Crippen molar-refractivity contribution < 1.29 is 4.79 Å². The largest absolute Gasteiger partial charge is 0.348 e. The van der Waals surface area contributed by atoms with E-state index in [1.165, 1.54) is 5.56 Å². The molecule has 0 spiro atoms. The predicted molar refractivity (Wildman–Crippen MR) is 107 cm³/mol. The minimum absolute atomic E-state index is 0.168. The predicted octanol–water partition coefficient (Wildman–Crippen LogP) is 3.57. The lowest BCUT2D eigenvalue weighted by Crippen LogP contribution is -2.22. The standard InChI is InChI=1S/C22H19N5O/c1-16-4-7-20(8-5-16)27-15-19(14-26-27)21-9-6-18(13-24-21)22(28)25-12-17-3-2-10-23-11-17/h2-11,13-15H,12H2,1H3,(H,25,28). The first-order chi connectivity index (χ1) is 13.7. The van der Waals surface area contributed by atoms with Crippen LogP contribution >= 0.6 is 0 Å². The maximum atomic E-state index is 12.3. The Morgan fingerprint density at radius 3 is 2.61 bits per heavy atom. The Bertz CT molecular complexity index is 1070. The molecule has 4 rings (SSSR count). The zero-order valence-corrected chi connectivity index (χ0v) is 15.4. The molecule has 1 aromatic carbocycles. The van der Waals surface area contributed by atoms with Crippen LogP contribution in [0.2, 0.25) is 0 Å². The van der Waals surface area contributed by atoms with Gasteiger partial charge in [0.05, 0.1) is 23.1 Å². The molecule has 6 nitrogen and oxygen atoms in total. The number of aryl methyl sites for hydroxylation is 1. The Labute approximate surface area is 162 Å². The van der Waals surface area contributed by atoms with Crippen LogP contribution in [0.1, 0.15) is 21.5 Å². The summed E-state index contributed by atoms with van der Waals surface area (Å²) in [5, 5.41) is 7.27. The lowest BCUT2D eigenvalue weighted by molar-refractivity contribution is 0.0950. The summed E-state index contributed by atoms with van der Waals surface area (Å²) in [7, 11) is 0. The molecule has 3 aromatic heterocycles. The van der Waals surface area contributed by atoms with Gasteiger partial charge in [0.15, 0.2) is 0 Å². The summed E-state index contributed by atoms with van der Waals surface area (Å²) in [6.07, 6.45) is 8.71. The van der Waals surface area contributed by atoms with E-state index in [9.17, 15) is 4.79 Å². The normalized spacial score (nSPS) is 10.6. The van der Waals surface area contributed by atoms with Crippen LogP contribution in [0.5, 0.6) is 0 Å². The zero-order valence-electron chi connectivity index (χ0n) is 15.4. The molecule has 0 aliphatic rings. The Kier molecular flexibility index (Phi) is 4.93. The van der Waals surface area contributed by atoms with E-state index < -0.39 is 0 Å². The third-order valence-corrected chi connectivity index (χ3v) is 4.38. The van der Waals surface area contributed by atoms with Gasteiger partial charge in [-0.15, -0.1) is 0 Å². The maximum absolute atomic E-state index is 12.3. The van der Waals surface area contributed by atoms with Crippen molar-refractivity contribution in [1.29, 1.82) is 0 Å². The van der Waals surface area contributed by atoms with Gasteiger partial charge >= 0.3 is 0 Å².